The Labute approximate surface area is 204 Å². The molecule has 5 rings (SSSR count). The van der Waals surface area contributed by atoms with E-state index in [1.807, 2.05) is 35.2 Å². The van der Waals surface area contributed by atoms with E-state index in [0.717, 1.165) is 27.9 Å². The molecule has 11 heteroatoms. The Balaban J connectivity index is 1.43. The lowest BCUT2D eigenvalue weighted by Crippen LogP contribution is -2.36. The Hall–Kier alpha value is -2.79. The summed E-state index contributed by atoms with van der Waals surface area (Å²) in [5.41, 5.74) is 0.237. The number of hydrogen-bond donors (Lipinski definition) is 1. The Morgan fingerprint density at radius 3 is 2.69 bits per heavy atom. The van der Waals surface area contributed by atoms with Gasteiger partial charge in [0, 0.05) is 19.5 Å². The van der Waals surface area contributed by atoms with E-state index in [2.05, 4.69) is 15.3 Å². The molecule has 2 fully saturated rings. The predicted octanol–water partition coefficient (Wildman–Crippen LogP) is 3.65. The van der Waals surface area contributed by atoms with Gasteiger partial charge >= 0.3 is 6.18 Å². The van der Waals surface area contributed by atoms with Crippen LogP contribution in [-0.2, 0) is 23.9 Å². The smallest absolute Gasteiger partial charge is 0.338 e. The molecule has 2 aliphatic rings. The van der Waals surface area contributed by atoms with Crippen molar-refractivity contribution >= 4 is 32.6 Å². The molecule has 2 aliphatic heterocycles. The van der Waals surface area contributed by atoms with Gasteiger partial charge in [-0.05, 0) is 50.3 Å². The average Bonchev–Trinajstić information content (AvgIpc) is 3.59. The summed E-state index contributed by atoms with van der Waals surface area (Å²) in [4.78, 5) is 36.2. The monoisotopic (exact) mass is 505 g/mol. The summed E-state index contributed by atoms with van der Waals surface area (Å²) < 4.78 is 42.2. The Morgan fingerprint density at radius 1 is 1.17 bits per heavy atom. The average molecular weight is 506 g/mol. The SMILES string of the molecule is O=C(CCc1ccccc1)[C@H]1CCCN1c1nc2c(=O)n(CC3CCNC3)c(C(F)(F)F)nc2s1. The number of Topliss-reactive ketones (excluding diaryl/α,β-unsaturated/α-hetero) is 1. The van der Waals surface area contributed by atoms with Gasteiger partial charge in [0.2, 0.25) is 5.82 Å². The van der Waals surface area contributed by atoms with Gasteiger partial charge in [0.25, 0.3) is 5.56 Å². The van der Waals surface area contributed by atoms with Gasteiger partial charge in [0.15, 0.2) is 21.3 Å². The second-order valence-corrected chi connectivity index (χ2v) is 10.1. The molecule has 2 saturated heterocycles. The molecule has 2 atom stereocenters. The van der Waals surface area contributed by atoms with E-state index in [4.69, 9.17) is 0 Å². The molecule has 35 heavy (non-hydrogen) atoms. The molecule has 2 aromatic heterocycles. The van der Waals surface area contributed by atoms with E-state index in [1.165, 1.54) is 0 Å². The number of rotatable bonds is 7. The fourth-order valence-electron chi connectivity index (χ4n) is 4.94. The number of hydrogen-bond acceptors (Lipinski definition) is 7. The first-order chi connectivity index (χ1) is 16.8. The van der Waals surface area contributed by atoms with Crippen LogP contribution in [0.3, 0.4) is 0 Å². The van der Waals surface area contributed by atoms with E-state index in [-0.39, 0.29) is 28.6 Å². The topological polar surface area (TPSA) is 80.1 Å². The first-order valence-corrected chi connectivity index (χ1v) is 12.7. The summed E-state index contributed by atoms with van der Waals surface area (Å²) in [6.07, 6.45) is -1.63. The number of thiazole rings is 1. The highest BCUT2D eigenvalue weighted by atomic mass is 32.1. The van der Waals surface area contributed by atoms with Gasteiger partial charge in [0.1, 0.15) is 0 Å². The molecule has 0 saturated carbocycles. The second kappa shape index (κ2) is 9.69. The number of aromatic nitrogens is 3. The second-order valence-electron chi connectivity index (χ2n) is 9.16. The predicted molar refractivity (Wildman–Crippen MR) is 128 cm³/mol. The zero-order chi connectivity index (χ0) is 24.6. The molecule has 4 heterocycles. The summed E-state index contributed by atoms with van der Waals surface area (Å²) in [6, 6.07) is 9.34. The third-order valence-electron chi connectivity index (χ3n) is 6.74. The molecule has 1 aromatic carbocycles. The number of carbonyl (C=O) groups is 1. The van der Waals surface area contributed by atoms with E-state index in [1.54, 1.807) is 0 Å². The van der Waals surface area contributed by atoms with E-state index < -0.39 is 23.6 Å². The summed E-state index contributed by atoms with van der Waals surface area (Å²) in [6.45, 7) is 1.78. The van der Waals surface area contributed by atoms with Gasteiger partial charge in [-0.1, -0.05) is 41.7 Å². The lowest BCUT2D eigenvalue weighted by molar-refractivity contribution is -0.148. The van der Waals surface area contributed by atoms with Gasteiger partial charge in [0.05, 0.1) is 6.04 Å². The Morgan fingerprint density at radius 2 is 1.97 bits per heavy atom. The van der Waals surface area contributed by atoms with Crippen molar-refractivity contribution in [1.82, 2.24) is 19.9 Å². The summed E-state index contributed by atoms with van der Waals surface area (Å²) in [7, 11) is 0. The number of nitrogens with one attached hydrogen (secondary N) is 1. The number of benzene rings is 1. The van der Waals surface area contributed by atoms with Gasteiger partial charge < -0.3 is 10.2 Å². The molecule has 0 bridgehead atoms. The van der Waals surface area contributed by atoms with Crippen LogP contribution in [-0.4, -0.2) is 46.0 Å². The molecular formula is C24H26F3N5O2S. The van der Waals surface area contributed by atoms with Crippen LogP contribution in [0.1, 0.15) is 37.1 Å². The Bertz CT molecular complexity index is 1270. The summed E-state index contributed by atoms with van der Waals surface area (Å²) in [5, 5.41) is 3.50. The van der Waals surface area contributed by atoms with Crippen LogP contribution in [0.2, 0.25) is 0 Å². The van der Waals surface area contributed by atoms with E-state index in [0.29, 0.717) is 50.4 Å². The zero-order valence-corrected chi connectivity index (χ0v) is 19.9. The van der Waals surface area contributed by atoms with Crippen LogP contribution in [0.4, 0.5) is 18.3 Å². The molecule has 0 aliphatic carbocycles. The summed E-state index contributed by atoms with van der Waals surface area (Å²) >= 11 is 0.952. The number of halogens is 3. The number of nitrogens with zero attached hydrogens (tertiary/aromatic N) is 4. The van der Waals surface area contributed by atoms with Gasteiger partial charge in [-0.2, -0.15) is 13.2 Å². The third-order valence-corrected chi connectivity index (χ3v) is 7.72. The van der Waals surface area contributed by atoms with Crippen LogP contribution < -0.4 is 15.8 Å². The number of carbonyl (C=O) groups excluding carboxylic acids is 1. The van der Waals surface area contributed by atoms with E-state index in [9.17, 15) is 22.8 Å². The minimum absolute atomic E-state index is 0.0412. The minimum atomic E-state index is -4.76. The highest BCUT2D eigenvalue weighted by Crippen LogP contribution is 2.35. The van der Waals surface area contributed by atoms with E-state index >= 15 is 0 Å². The van der Waals surface area contributed by atoms with Crippen molar-refractivity contribution in [2.24, 2.45) is 5.92 Å². The van der Waals surface area contributed by atoms with Crippen molar-refractivity contribution < 1.29 is 18.0 Å². The number of fused-ring (bicyclic) bond motifs is 1. The lowest BCUT2D eigenvalue weighted by atomic mass is 10.0. The standard InChI is InChI=1S/C24H26F3N5O2S/c25-24(26,27)22-30-20-19(21(34)32(22)14-16-10-11-28-13-16)29-23(35-20)31-12-4-7-17(31)18(33)9-8-15-5-2-1-3-6-15/h1-3,5-6,16-17,28H,4,7-14H2/t16?,17-/m1/s1. The number of ketones is 1. The van der Waals surface area contributed by atoms with Crippen molar-refractivity contribution in [3.63, 3.8) is 0 Å². The molecule has 186 valence electrons. The number of aryl methyl sites for hydroxylation is 1. The van der Waals surface area contributed by atoms with Crippen molar-refractivity contribution in [1.29, 1.82) is 0 Å². The van der Waals surface area contributed by atoms with Crippen LogP contribution in [0.15, 0.2) is 35.1 Å². The maximum absolute atomic E-state index is 13.8. The minimum Gasteiger partial charge on any atom is -0.338 e. The molecule has 0 radical (unpaired) electrons. The molecule has 0 spiro atoms. The van der Waals surface area contributed by atoms with Crippen molar-refractivity contribution in [2.75, 3.05) is 24.5 Å². The third kappa shape index (κ3) is 4.97. The molecule has 1 N–H and O–H groups in total. The fourth-order valence-corrected chi connectivity index (χ4v) is 5.95. The normalized spacial score (nSPS) is 20.7. The molecule has 3 aromatic rings. The molecule has 7 nitrogen and oxygen atoms in total. The molecular weight excluding hydrogens is 479 g/mol. The maximum Gasteiger partial charge on any atom is 0.449 e. The lowest BCUT2D eigenvalue weighted by Gasteiger charge is -2.22. The van der Waals surface area contributed by atoms with Crippen LogP contribution >= 0.6 is 11.3 Å². The van der Waals surface area contributed by atoms with Gasteiger partial charge in [-0.3, -0.25) is 14.2 Å². The highest BCUT2D eigenvalue weighted by Gasteiger charge is 2.39. The first-order valence-electron chi connectivity index (χ1n) is 11.8. The van der Waals surface area contributed by atoms with Crippen molar-refractivity contribution in [3.05, 3.63) is 52.1 Å². The molecule has 1 unspecified atom stereocenters. The fraction of sp³-hybridized carbons (Fsp3) is 0.500. The van der Waals surface area contributed by atoms with Gasteiger partial charge in [-0.15, -0.1) is 0 Å². The largest absolute Gasteiger partial charge is 0.449 e. The summed E-state index contributed by atoms with van der Waals surface area (Å²) in [5.74, 6) is -1.19. The highest BCUT2D eigenvalue weighted by molar-refractivity contribution is 7.21. The van der Waals surface area contributed by atoms with Crippen LogP contribution in [0.5, 0.6) is 0 Å². The Kier molecular flexibility index (Phi) is 6.63. The van der Waals surface area contributed by atoms with Crippen molar-refractivity contribution in [3.8, 4) is 0 Å². The van der Waals surface area contributed by atoms with Crippen molar-refractivity contribution in [2.45, 2.75) is 50.9 Å². The zero-order valence-electron chi connectivity index (χ0n) is 19.1. The quantitative estimate of drug-likeness (QED) is 0.528. The molecule has 0 amide bonds. The van der Waals surface area contributed by atoms with Crippen LogP contribution in [0.25, 0.3) is 10.3 Å². The number of anilines is 1. The van der Waals surface area contributed by atoms with Gasteiger partial charge in [-0.25, -0.2) is 9.97 Å². The van der Waals surface area contributed by atoms with Crippen LogP contribution in [0, 0.1) is 5.92 Å². The maximum atomic E-state index is 13.8. The first kappa shape index (κ1) is 23.9. The number of alkyl halides is 3.